The van der Waals surface area contributed by atoms with Gasteiger partial charge in [0.05, 0.1) is 50.2 Å². The Labute approximate surface area is 246 Å². The van der Waals surface area contributed by atoms with Gasteiger partial charge in [-0.3, -0.25) is 4.90 Å². The number of benzene rings is 3. The fourth-order valence-corrected chi connectivity index (χ4v) is 8.04. The molecule has 0 amide bonds. The molecule has 1 saturated heterocycles. The summed E-state index contributed by atoms with van der Waals surface area (Å²) in [6.45, 7) is 2.38. The minimum atomic E-state index is -0.869. The van der Waals surface area contributed by atoms with Gasteiger partial charge >= 0.3 is 0 Å². The molecule has 1 aliphatic heterocycles. The highest BCUT2D eigenvalue weighted by atomic mass is 16.5. The van der Waals surface area contributed by atoms with Gasteiger partial charge in [-0.15, -0.1) is 0 Å². The van der Waals surface area contributed by atoms with Gasteiger partial charge in [0.15, 0.2) is 0 Å². The topological polar surface area (TPSA) is 98.2 Å². The predicted molar refractivity (Wildman–Crippen MR) is 161 cm³/mol. The Morgan fingerprint density at radius 3 is 2.12 bits per heavy atom. The number of aromatic amines is 1. The van der Waals surface area contributed by atoms with E-state index in [2.05, 4.69) is 58.4 Å². The van der Waals surface area contributed by atoms with E-state index in [9.17, 15) is 15.3 Å². The van der Waals surface area contributed by atoms with Crippen molar-refractivity contribution in [1.82, 2.24) is 9.88 Å². The fraction of sp³-hybridized carbons (Fsp3) is 0.429. The second-order valence-electron chi connectivity index (χ2n) is 12.6. The van der Waals surface area contributed by atoms with E-state index < -0.39 is 17.1 Å². The third-order valence-corrected chi connectivity index (χ3v) is 10.0. The molecule has 3 aliphatic rings. The Kier molecular flexibility index (Phi) is 7.42. The number of H-pyrrole nitrogens is 1. The van der Waals surface area contributed by atoms with Crippen LogP contribution in [0, 0.1) is 11.8 Å². The molecule has 0 radical (unpaired) electrons. The number of β-amino-alcohol motifs (C(OH)–C–C–N with tert-alkyl or cyclic N) is 2. The van der Waals surface area contributed by atoms with Crippen molar-refractivity contribution in [3.63, 3.8) is 0 Å². The first-order valence-electron chi connectivity index (χ1n) is 15.1. The Morgan fingerprint density at radius 2 is 1.48 bits per heavy atom. The lowest BCUT2D eigenvalue weighted by Crippen LogP contribution is -2.68. The average molecular weight is 569 g/mol. The number of hydrogen-bond acceptors (Lipinski definition) is 6. The highest BCUT2D eigenvalue weighted by molar-refractivity contribution is 5.86. The molecule has 4 aromatic rings. The number of ether oxygens (including phenoxy) is 2. The van der Waals surface area contributed by atoms with Crippen molar-refractivity contribution in [3.8, 4) is 0 Å². The lowest BCUT2D eigenvalue weighted by molar-refractivity contribution is -0.218. The summed E-state index contributed by atoms with van der Waals surface area (Å²) < 4.78 is 13.2. The minimum Gasteiger partial charge on any atom is -0.394 e. The Hall–Kier alpha value is -3.04. The van der Waals surface area contributed by atoms with Crippen LogP contribution in [-0.4, -0.2) is 69.8 Å². The van der Waals surface area contributed by atoms with E-state index in [1.165, 1.54) is 5.56 Å². The van der Waals surface area contributed by atoms with Crippen molar-refractivity contribution < 1.29 is 24.8 Å². The molecule has 5 atom stereocenters. The smallest absolute Gasteiger partial charge is 0.0897 e. The van der Waals surface area contributed by atoms with Gasteiger partial charge in [0.25, 0.3) is 0 Å². The van der Waals surface area contributed by atoms with Gasteiger partial charge in [-0.2, -0.15) is 0 Å². The normalized spacial score (nSPS) is 26.8. The van der Waals surface area contributed by atoms with Crippen molar-refractivity contribution in [1.29, 1.82) is 0 Å². The number of aromatic nitrogens is 1. The van der Waals surface area contributed by atoms with Crippen molar-refractivity contribution in [3.05, 3.63) is 107 Å². The van der Waals surface area contributed by atoms with E-state index in [0.717, 1.165) is 34.1 Å². The Bertz CT molecular complexity index is 1460. The van der Waals surface area contributed by atoms with Crippen LogP contribution < -0.4 is 0 Å². The lowest BCUT2D eigenvalue weighted by Gasteiger charge is -2.62. The Morgan fingerprint density at radius 1 is 0.857 bits per heavy atom. The third kappa shape index (κ3) is 4.78. The summed E-state index contributed by atoms with van der Waals surface area (Å²) in [6.07, 6.45) is 0.549. The number of piperidine rings is 1. The van der Waals surface area contributed by atoms with Gasteiger partial charge in [0.2, 0.25) is 0 Å². The van der Waals surface area contributed by atoms with Crippen LogP contribution in [0.1, 0.15) is 41.3 Å². The van der Waals surface area contributed by atoms with E-state index >= 15 is 0 Å². The first-order chi connectivity index (χ1) is 20.5. The van der Waals surface area contributed by atoms with Crippen LogP contribution >= 0.6 is 0 Å². The molecule has 4 N–H and O–H groups in total. The number of fused-ring (bicyclic) bond motifs is 5. The molecule has 7 nitrogen and oxygen atoms in total. The third-order valence-electron chi connectivity index (χ3n) is 10.0. The molecule has 2 aliphatic carbocycles. The van der Waals surface area contributed by atoms with E-state index in [1.807, 2.05) is 36.4 Å². The summed E-state index contributed by atoms with van der Waals surface area (Å²) >= 11 is 0. The molecule has 1 aromatic heterocycles. The second-order valence-corrected chi connectivity index (χ2v) is 12.6. The maximum absolute atomic E-state index is 11.9. The van der Waals surface area contributed by atoms with Gasteiger partial charge in [-0.1, -0.05) is 78.9 Å². The predicted octanol–water partition coefficient (Wildman–Crippen LogP) is 4.32. The molecule has 220 valence electrons. The van der Waals surface area contributed by atoms with Crippen molar-refractivity contribution >= 4 is 10.9 Å². The maximum Gasteiger partial charge on any atom is 0.0897 e. The molecular formula is C35H40N2O5. The quantitative estimate of drug-likeness (QED) is 0.215. The van der Waals surface area contributed by atoms with Crippen LogP contribution in [0.4, 0.5) is 0 Å². The SMILES string of the molecule is OCC(O)CN1CC2(O)CC3C2CC1c1c([nH]c2ccccc12)C3(COCc1ccccc1)COCc1ccccc1. The summed E-state index contributed by atoms with van der Waals surface area (Å²) in [6, 6.07) is 28.9. The first kappa shape index (κ1) is 27.8. The molecule has 3 aromatic carbocycles. The summed E-state index contributed by atoms with van der Waals surface area (Å²) in [7, 11) is 0. The van der Waals surface area contributed by atoms with Gasteiger partial charge in [0.1, 0.15) is 0 Å². The first-order valence-corrected chi connectivity index (χ1v) is 15.1. The Balaban J connectivity index is 1.32. The number of aliphatic hydroxyl groups is 3. The van der Waals surface area contributed by atoms with Crippen LogP contribution in [0.3, 0.4) is 0 Å². The monoisotopic (exact) mass is 568 g/mol. The fourth-order valence-electron chi connectivity index (χ4n) is 8.04. The highest BCUT2D eigenvalue weighted by Gasteiger charge is 2.66. The van der Waals surface area contributed by atoms with Crippen molar-refractivity contribution in [2.45, 2.75) is 49.2 Å². The van der Waals surface area contributed by atoms with Gasteiger partial charge in [-0.05, 0) is 47.4 Å². The number of nitrogens with zero attached hydrogens (tertiary/aromatic N) is 1. The number of aliphatic hydroxyl groups excluding tert-OH is 2. The maximum atomic E-state index is 11.9. The summed E-state index contributed by atoms with van der Waals surface area (Å²) in [5.41, 5.74) is 4.29. The number of rotatable bonds is 11. The van der Waals surface area contributed by atoms with Crippen LogP contribution in [0.15, 0.2) is 84.9 Å². The summed E-state index contributed by atoms with van der Waals surface area (Å²) in [4.78, 5) is 6.03. The molecule has 2 fully saturated rings. The van der Waals surface area contributed by atoms with E-state index in [1.54, 1.807) is 0 Å². The average Bonchev–Trinajstić information content (AvgIpc) is 3.37. The molecule has 0 spiro atoms. The number of nitrogens with one attached hydrogen (secondary N) is 1. The van der Waals surface area contributed by atoms with Crippen molar-refractivity contribution in [2.75, 3.05) is 32.9 Å². The zero-order chi connectivity index (χ0) is 28.7. The zero-order valence-electron chi connectivity index (χ0n) is 23.9. The number of likely N-dealkylation sites (tertiary alicyclic amines) is 1. The molecule has 7 rings (SSSR count). The van der Waals surface area contributed by atoms with E-state index in [0.29, 0.717) is 45.9 Å². The summed E-state index contributed by atoms with van der Waals surface area (Å²) in [5.74, 6) is 0.237. The molecule has 2 bridgehead atoms. The van der Waals surface area contributed by atoms with Crippen molar-refractivity contribution in [2.24, 2.45) is 11.8 Å². The largest absolute Gasteiger partial charge is 0.394 e. The van der Waals surface area contributed by atoms with Crippen LogP contribution in [0.5, 0.6) is 0 Å². The van der Waals surface area contributed by atoms with Crippen LogP contribution in [0.2, 0.25) is 0 Å². The van der Waals surface area contributed by atoms with E-state index in [4.69, 9.17) is 9.47 Å². The molecule has 1 saturated carbocycles. The summed E-state index contributed by atoms with van der Waals surface area (Å²) in [5, 5.41) is 33.3. The lowest BCUT2D eigenvalue weighted by atomic mass is 9.50. The number of hydrogen-bond donors (Lipinski definition) is 4. The van der Waals surface area contributed by atoms with Crippen LogP contribution in [-0.2, 0) is 28.1 Å². The highest BCUT2D eigenvalue weighted by Crippen LogP contribution is 2.64. The molecule has 5 unspecified atom stereocenters. The molecular weight excluding hydrogens is 528 g/mol. The standard InChI is InChI=1S/C35H40N2O5/c38-18-26(39)17-37-21-35(40)16-29-28(35)15-31(37)32-27-13-7-8-14-30(27)36-33(32)34(29,22-41-19-24-9-3-1-4-10-24)23-42-20-25-11-5-2-6-12-25/h1-14,26,28-29,31,36,38-40H,15-23H2. The number of para-hydroxylation sites is 1. The molecule has 2 heterocycles. The molecule has 42 heavy (non-hydrogen) atoms. The van der Waals surface area contributed by atoms with Gasteiger partial charge in [-0.25, -0.2) is 0 Å². The second kappa shape index (κ2) is 11.2. The van der Waals surface area contributed by atoms with Crippen LogP contribution in [0.25, 0.3) is 10.9 Å². The van der Waals surface area contributed by atoms with Gasteiger partial charge < -0.3 is 29.8 Å². The zero-order valence-corrected chi connectivity index (χ0v) is 23.9. The van der Waals surface area contributed by atoms with Gasteiger partial charge in [0, 0.05) is 35.7 Å². The minimum absolute atomic E-state index is 0.00412. The van der Waals surface area contributed by atoms with E-state index in [-0.39, 0.29) is 24.5 Å². The molecule has 7 heteroatoms.